The highest BCUT2D eigenvalue weighted by Crippen LogP contribution is 2.22. The molecule has 1 N–H and O–H groups in total. The topological polar surface area (TPSA) is 51.0 Å². The first kappa shape index (κ1) is 12.2. The minimum atomic E-state index is 0.478. The van der Waals surface area contributed by atoms with Crippen LogP contribution in [0.15, 0.2) is 34.9 Å². The minimum Gasteiger partial charge on any atom is -0.335 e. The van der Waals surface area contributed by atoms with Crippen LogP contribution in [0.2, 0.25) is 0 Å². The largest absolute Gasteiger partial charge is 0.335 e. The highest BCUT2D eigenvalue weighted by Gasteiger charge is 2.15. The monoisotopic (exact) mass is 257 g/mol. The van der Waals surface area contributed by atoms with Crippen LogP contribution in [0.1, 0.15) is 38.5 Å². The quantitative estimate of drug-likeness (QED) is 0.848. The average molecular weight is 257 g/mol. The number of benzene rings is 1. The van der Waals surface area contributed by atoms with E-state index in [0.29, 0.717) is 17.9 Å². The van der Waals surface area contributed by atoms with Crippen molar-refractivity contribution in [3.05, 3.63) is 30.3 Å². The first-order chi connectivity index (χ1) is 9.42. The molecule has 0 aliphatic heterocycles. The molecule has 1 fully saturated rings. The first-order valence-corrected chi connectivity index (χ1v) is 7.07. The van der Waals surface area contributed by atoms with Crippen LogP contribution in [-0.4, -0.2) is 16.2 Å². The van der Waals surface area contributed by atoms with Gasteiger partial charge in [0.05, 0.1) is 0 Å². The highest BCUT2D eigenvalue weighted by molar-refractivity contribution is 5.54. The van der Waals surface area contributed by atoms with E-state index in [4.69, 9.17) is 4.52 Å². The Morgan fingerprint density at radius 2 is 1.74 bits per heavy atom. The van der Waals surface area contributed by atoms with Crippen LogP contribution < -0.4 is 5.32 Å². The van der Waals surface area contributed by atoms with Crippen molar-refractivity contribution in [2.45, 2.75) is 44.6 Å². The number of rotatable bonds is 3. The lowest BCUT2D eigenvalue weighted by Gasteiger charge is -2.13. The van der Waals surface area contributed by atoms with Gasteiger partial charge in [0, 0.05) is 11.6 Å². The van der Waals surface area contributed by atoms with E-state index in [1.807, 2.05) is 30.3 Å². The number of nitrogens with one attached hydrogen (secondary N) is 1. The predicted octanol–water partition coefficient (Wildman–Crippen LogP) is 3.87. The molecule has 2 aromatic rings. The van der Waals surface area contributed by atoms with Gasteiger partial charge in [-0.15, -0.1) is 0 Å². The summed E-state index contributed by atoms with van der Waals surface area (Å²) in [7, 11) is 0. The molecule has 0 spiro atoms. The maximum atomic E-state index is 5.29. The fourth-order valence-electron chi connectivity index (χ4n) is 2.58. The van der Waals surface area contributed by atoms with Crippen LogP contribution in [0.5, 0.6) is 0 Å². The van der Waals surface area contributed by atoms with Gasteiger partial charge in [0.2, 0.25) is 5.82 Å². The van der Waals surface area contributed by atoms with Gasteiger partial charge in [-0.1, -0.05) is 61.2 Å². The van der Waals surface area contributed by atoms with Gasteiger partial charge in [0.1, 0.15) is 0 Å². The molecule has 4 heteroatoms. The molecule has 0 saturated heterocycles. The normalized spacial score (nSPS) is 17.1. The maximum Gasteiger partial charge on any atom is 0.322 e. The second-order valence-electron chi connectivity index (χ2n) is 5.12. The van der Waals surface area contributed by atoms with Crippen molar-refractivity contribution in [3.63, 3.8) is 0 Å². The Hall–Kier alpha value is -1.84. The summed E-state index contributed by atoms with van der Waals surface area (Å²) in [6, 6.07) is 10.9. The van der Waals surface area contributed by atoms with E-state index >= 15 is 0 Å². The number of anilines is 1. The van der Waals surface area contributed by atoms with Crippen LogP contribution in [0.3, 0.4) is 0 Å². The summed E-state index contributed by atoms with van der Waals surface area (Å²) in [5.74, 6) is 0.650. The molecule has 100 valence electrons. The zero-order chi connectivity index (χ0) is 12.9. The fourth-order valence-corrected chi connectivity index (χ4v) is 2.58. The zero-order valence-electron chi connectivity index (χ0n) is 11.0. The van der Waals surface area contributed by atoms with Gasteiger partial charge in [-0.05, 0) is 12.8 Å². The lowest BCUT2D eigenvalue weighted by Crippen LogP contribution is -2.18. The van der Waals surface area contributed by atoms with Crippen LogP contribution in [0.25, 0.3) is 11.4 Å². The molecule has 1 heterocycles. The molecule has 0 unspecified atom stereocenters. The Kier molecular flexibility index (Phi) is 3.77. The van der Waals surface area contributed by atoms with Crippen molar-refractivity contribution in [1.29, 1.82) is 0 Å². The van der Waals surface area contributed by atoms with E-state index in [9.17, 15) is 0 Å². The van der Waals surface area contributed by atoms with E-state index in [1.165, 1.54) is 38.5 Å². The zero-order valence-corrected chi connectivity index (χ0v) is 11.0. The van der Waals surface area contributed by atoms with E-state index in [-0.39, 0.29) is 0 Å². The molecule has 0 amide bonds. The van der Waals surface area contributed by atoms with Gasteiger partial charge in [-0.25, -0.2) is 0 Å². The molecule has 1 saturated carbocycles. The Morgan fingerprint density at radius 1 is 1.00 bits per heavy atom. The highest BCUT2D eigenvalue weighted by atomic mass is 16.5. The molecule has 19 heavy (non-hydrogen) atoms. The summed E-state index contributed by atoms with van der Waals surface area (Å²) in [6.45, 7) is 0. The van der Waals surface area contributed by atoms with Crippen molar-refractivity contribution in [2.75, 3.05) is 5.32 Å². The second kappa shape index (κ2) is 5.87. The van der Waals surface area contributed by atoms with Gasteiger partial charge >= 0.3 is 6.01 Å². The van der Waals surface area contributed by atoms with Crippen molar-refractivity contribution in [2.24, 2.45) is 0 Å². The lowest BCUT2D eigenvalue weighted by molar-refractivity contribution is 0.424. The summed E-state index contributed by atoms with van der Waals surface area (Å²) in [4.78, 5) is 4.42. The summed E-state index contributed by atoms with van der Waals surface area (Å²) in [6.07, 6.45) is 7.66. The molecule has 0 radical (unpaired) electrons. The van der Waals surface area contributed by atoms with Crippen LogP contribution >= 0.6 is 0 Å². The lowest BCUT2D eigenvalue weighted by atomic mass is 10.1. The number of aromatic nitrogens is 2. The van der Waals surface area contributed by atoms with E-state index in [0.717, 1.165) is 5.56 Å². The molecule has 4 nitrogen and oxygen atoms in total. The standard InChI is InChI=1S/C15H19N3O/c1-2-7-11-13(10-6-1)16-15-17-14(18-19-15)12-8-4-3-5-9-12/h3-5,8-9,13H,1-2,6-7,10-11H2,(H,16,17,18). The first-order valence-electron chi connectivity index (χ1n) is 7.07. The maximum absolute atomic E-state index is 5.29. The third kappa shape index (κ3) is 3.13. The second-order valence-corrected chi connectivity index (χ2v) is 5.12. The van der Waals surface area contributed by atoms with Gasteiger partial charge < -0.3 is 9.84 Å². The average Bonchev–Trinajstić information content (AvgIpc) is 2.76. The minimum absolute atomic E-state index is 0.478. The molecule has 1 aromatic heterocycles. The van der Waals surface area contributed by atoms with Crippen molar-refractivity contribution >= 4 is 6.01 Å². The SMILES string of the molecule is c1ccc(-c2noc(NC3CCCCCC3)n2)cc1. The van der Waals surface area contributed by atoms with Gasteiger partial charge in [-0.2, -0.15) is 4.98 Å². The summed E-state index contributed by atoms with van der Waals surface area (Å²) in [5.41, 5.74) is 0.986. The van der Waals surface area contributed by atoms with Crippen LogP contribution in [-0.2, 0) is 0 Å². The van der Waals surface area contributed by atoms with E-state index in [1.54, 1.807) is 0 Å². The summed E-state index contributed by atoms with van der Waals surface area (Å²) in [5, 5.41) is 7.40. The van der Waals surface area contributed by atoms with E-state index in [2.05, 4.69) is 15.5 Å². The third-order valence-corrected chi connectivity index (χ3v) is 3.64. The molecular weight excluding hydrogens is 238 g/mol. The smallest absolute Gasteiger partial charge is 0.322 e. The van der Waals surface area contributed by atoms with Crippen LogP contribution in [0, 0.1) is 0 Å². The Morgan fingerprint density at radius 3 is 2.47 bits per heavy atom. The van der Waals surface area contributed by atoms with Gasteiger partial charge in [0.25, 0.3) is 0 Å². The molecule has 0 atom stereocenters. The van der Waals surface area contributed by atoms with E-state index < -0.39 is 0 Å². The van der Waals surface area contributed by atoms with Crippen molar-refractivity contribution in [1.82, 2.24) is 10.1 Å². The summed E-state index contributed by atoms with van der Waals surface area (Å²) < 4.78 is 5.29. The van der Waals surface area contributed by atoms with Crippen molar-refractivity contribution < 1.29 is 4.52 Å². The van der Waals surface area contributed by atoms with Crippen molar-refractivity contribution in [3.8, 4) is 11.4 Å². The molecule has 0 bridgehead atoms. The Labute approximate surface area is 113 Å². The molecular formula is C15H19N3O. The predicted molar refractivity (Wildman–Crippen MR) is 74.8 cm³/mol. The van der Waals surface area contributed by atoms with Gasteiger partial charge in [-0.3, -0.25) is 0 Å². The van der Waals surface area contributed by atoms with Crippen LogP contribution in [0.4, 0.5) is 6.01 Å². The number of nitrogens with zero attached hydrogens (tertiary/aromatic N) is 2. The summed E-state index contributed by atoms with van der Waals surface area (Å²) >= 11 is 0. The van der Waals surface area contributed by atoms with Gasteiger partial charge in [0.15, 0.2) is 0 Å². The molecule has 1 aromatic carbocycles. The number of hydrogen-bond donors (Lipinski definition) is 1. The Balaban J connectivity index is 1.68. The third-order valence-electron chi connectivity index (χ3n) is 3.64. The fraction of sp³-hybridized carbons (Fsp3) is 0.467. The molecule has 1 aliphatic carbocycles. The number of hydrogen-bond acceptors (Lipinski definition) is 4. The Bertz CT molecular complexity index is 501. The molecule has 3 rings (SSSR count). The molecule has 1 aliphatic rings.